The molecule has 1 fully saturated rings. The van der Waals surface area contributed by atoms with Gasteiger partial charge in [-0.05, 0) is 24.3 Å². The number of hydrogen-bond acceptors (Lipinski definition) is 5. The molecule has 1 atom stereocenters. The SMILES string of the molecule is CN=C(NC#N)NC[C@H]1CN(c2ccc(-c3ccnn3C)c(F)c2)C(=O)O1. The third-order valence-electron chi connectivity index (χ3n) is 4.13. The molecule has 0 aliphatic carbocycles. The van der Waals surface area contributed by atoms with Crippen LogP contribution in [0.25, 0.3) is 11.3 Å². The summed E-state index contributed by atoms with van der Waals surface area (Å²) in [5.74, 6) is -0.178. The van der Waals surface area contributed by atoms with Gasteiger partial charge in [0, 0.05) is 25.9 Å². The lowest BCUT2D eigenvalue weighted by Crippen LogP contribution is -2.40. The number of carbonyl (C=O) groups excluding carboxylic acids is 1. The van der Waals surface area contributed by atoms with Gasteiger partial charge in [-0.2, -0.15) is 10.4 Å². The van der Waals surface area contributed by atoms with E-state index in [0.29, 0.717) is 16.9 Å². The molecule has 1 aromatic carbocycles. The average molecular weight is 371 g/mol. The number of guanidine groups is 1. The van der Waals surface area contributed by atoms with E-state index in [1.807, 2.05) is 0 Å². The smallest absolute Gasteiger partial charge is 0.414 e. The number of benzene rings is 1. The van der Waals surface area contributed by atoms with Crippen molar-refractivity contribution in [3.05, 3.63) is 36.3 Å². The molecule has 1 aliphatic heterocycles. The number of nitrogens with zero attached hydrogens (tertiary/aromatic N) is 5. The van der Waals surface area contributed by atoms with Crippen LogP contribution in [0.5, 0.6) is 0 Å². The molecule has 3 rings (SSSR count). The first-order chi connectivity index (χ1) is 13.0. The number of anilines is 1. The van der Waals surface area contributed by atoms with E-state index in [1.54, 1.807) is 42.3 Å². The topological polar surface area (TPSA) is 108 Å². The molecule has 1 amide bonds. The molecule has 140 valence electrons. The predicted molar refractivity (Wildman–Crippen MR) is 96.3 cm³/mol. The zero-order valence-corrected chi connectivity index (χ0v) is 14.8. The molecule has 1 aliphatic rings. The maximum Gasteiger partial charge on any atom is 0.414 e. The highest BCUT2D eigenvalue weighted by molar-refractivity contribution is 5.90. The quantitative estimate of drug-likeness (QED) is 0.362. The Morgan fingerprint density at radius 1 is 1.52 bits per heavy atom. The number of nitriles is 1. The van der Waals surface area contributed by atoms with Gasteiger partial charge in [0.2, 0.25) is 5.96 Å². The lowest BCUT2D eigenvalue weighted by atomic mass is 10.1. The van der Waals surface area contributed by atoms with Crippen LogP contribution in [-0.2, 0) is 11.8 Å². The van der Waals surface area contributed by atoms with E-state index < -0.39 is 18.0 Å². The minimum Gasteiger partial charge on any atom is -0.442 e. The summed E-state index contributed by atoms with van der Waals surface area (Å²) in [4.78, 5) is 17.4. The summed E-state index contributed by atoms with van der Waals surface area (Å²) in [6.45, 7) is 0.513. The standard InChI is InChI=1S/C17H18FN7O2/c1-20-16(22-10-19)21-8-12-9-25(17(26)27-12)11-3-4-13(14(18)7-11)15-5-6-23-24(15)2/h3-7,12H,8-9H2,1-2H3,(H2,20,21,22)/t12-/m0/s1. The van der Waals surface area contributed by atoms with Crippen molar-refractivity contribution in [2.24, 2.45) is 12.0 Å². The summed E-state index contributed by atoms with van der Waals surface area (Å²) < 4.78 is 21.4. The summed E-state index contributed by atoms with van der Waals surface area (Å²) >= 11 is 0. The Kier molecular flexibility index (Phi) is 5.21. The van der Waals surface area contributed by atoms with Gasteiger partial charge in [-0.25, -0.2) is 9.18 Å². The maximum absolute atomic E-state index is 14.6. The fraction of sp³-hybridized carbons (Fsp3) is 0.294. The zero-order chi connectivity index (χ0) is 19.4. The second-order valence-electron chi connectivity index (χ2n) is 5.81. The molecule has 0 bridgehead atoms. The molecule has 2 N–H and O–H groups in total. The van der Waals surface area contributed by atoms with E-state index in [0.717, 1.165) is 0 Å². The van der Waals surface area contributed by atoms with Crippen molar-refractivity contribution >= 4 is 17.7 Å². The third-order valence-corrected chi connectivity index (χ3v) is 4.13. The lowest BCUT2D eigenvalue weighted by molar-refractivity contribution is 0.142. The number of aryl methyl sites for hydroxylation is 1. The average Bonchev–Trinajstić information content (AvgIpc) is 3.24. The van der Waals surface area contributed by atoms with E-state index in [1.165, 1.54) is 18.0 Å². The lowest BCUT2D eigenvalue weighted by Gasteiger charge is -2.15. The molecule has 2 aromatic rings. The molecule has 27 heavy (non-hydrogen) atoms. The molecule has 0 saturated carbocycles. The van der Waals surface area contributed by atoms with Crippen LogP contribution in [-0.4, -0.2) is 48.1 Å². The van der Waals surface area contributed by atoms with Crippen molar-refractivity contribution in [1.29, 1.82) is 5.26 Å². The van der Waals surface area contributed by atoms with E-state index in [2.05, 4.69) is 20.7 Å². The van der Waals surface area contributed by atoms with Gasteiger partial charge in [0.15, 0.2) is 6.19 Å². The van der Waals surface area contributed by atoms with Gasteiger partial charge < -0.3 is 10.1 Å². The van der Waals surface area contributed by atoms with Crippen LogP contribution >= 0.6 is 0 Å². The highest BCUT2D eigenvalue weighted by Gasteiger charge is 2.32. The molecular weight excluding hydrogens is 353 g/mol. The van der Waals surface area contributed by atoms with Gasteiger partial charge in [-0.1, -0.05) is 0 Å². The van der Waals surface area contributed by atoms with Gasteiger partial charge in [0.1, 0.15) is 11.9 Å². The van der Waals surface area contributed by atoms with Crippen molar-refractivity contribution < 1.29 is 13.9 Å². The van der Waals surface area contributed by atoms with Crippen molar-refractivity contribution in [1.82, 2.24) is 20.4 Å². The number of cyclic esters (lactones) is 1. The first-order valence-electron chi connectivity index (χ1n) is 8.15. The van der Waals surface area contributed by atoms with Crippen molar-refractivity contribution in [3.8, 4) is 17.5 Å². The summed E-state index contributed by atoms with van der Waals surface area (Å²) in [5.41, 5.74) is 1.45. The minimum absolute atomic E-state index is 0.250. The monoisotopic (exact) mass is 371 g/mol. The van der Waals surface area contributed by atoms with Crippen LogP contribution in [0.1, 0.15) is 0 Å². The Morgan fingerprint density at radius 3 is 2.96 bits per heavy atom. The van der Waals surface area contributed by atoms with Crippen LogP contribution in [0, 0.1) is 17.3 Å². The van der Waals surface area contributed by atoms with E-state index in [9.17, 15) is 9.18 Å². The van der Waals surface area contributed by atoms with E-state index >= 15 is 0 Å². The first kappa shape index (κ1) is 18.2. The highest BCUT2D eigenvalue weighted by Crippen LogP contribution is 2.28. The van der Waals surface area contributed by atoms with E-state index in [4.69, 9.17) is 10.00 Å². The van der Waals surface area contributed by atoms with Crippen molar-refractivity contribution in [2.75, 3.05) is 25.0 Å². The molecule has 1 aromatic heterocycles. The van der Waals surface area contributed by atoms with Crippen LogP contribution in [0.2, 0.25) is 0 Å². The molecule has 0 unspecified atom stereocenters. The molecule has 10 heteroatoms. The van der Waals surface area contributed by atoms with Gasteiger partial charge in [0.25, 0.3) is 0 Å². The molecule has 1 saturated heterocycles. The fourth-order valence-corrected chi connectivity index (χ4v) is 2.80. The van der Waals surface area contributed by atoms with Gasteiger partial charge in [-0.3, -0.25) is 19.9 Å². The second-order valence-corrected chi connectivity index (χ2v) is 5.81. The largest absolute Gasteiger partial charge is 0.442 e. The minimum atomic E-state index is -0.558. The third kappa shape index (κ3) is 3.82. The Hall–Kier alpha value is -3.61. The molecule has 2 heterocycles. The molecular formula is C17H18FN7O2. The summed E-state index contributed by atoms with van der Waals surface area (Å²) in [6.07, 6.45) is 2.32. The Labute approximate surface area is 155 Å². The van der Waals surface area contributed by atoms with Crippen molar-refractivity contribution in [3.63, 3.8) is 0 Å². The van der Waals surface area contributed by atoms with Crippen molar-refractivity contribution in [2.45, 2.75) is 6.10 Å². The number of carbonyl (C=O) groups is 1. The maximum atomic E-state index is 14.6. The molecule has 9 nitrogen and oxygen atoms in total. The Balaban J connectivity index is 1.70. The number of nitrogens with one attached hydrogen (secondary N) is 2. The summed E-state index contributed by atoms with van der Waals surface area (Å²) in [6, 6.07) is 6.29. The number of aliphatic imine (C=N–C) groups is 1. The highest BCUT2D eigenvalue weighted by atomic mass is 19.1. The summed E-state index contributed by atoms with van der Waals surface area (Å²) in [7, 11) is 3.25. The summed E-state index contributed by atoms with van der Waals surface area (Å²) in [5, 5.41) is 17.9. The number of ether oxygens (including phenoxy) is 1. The second kappa shape index (κ2) is 7.74. The van der Waals surface area contributed by atoms with Gasteiger partial charge in [-0.15, -0.1) is 0 Å². The van der Waals surface area contributed by atoms with Crippen LogP contribution in [0.3, 0.4) is 0 Å². The predicted octanol–water partition coefficient (Wildman–Crippen LogP) is 1.20. The number of aromatic nitrogens is 2. The Morgan fingerprint density at radius 2 is 2.33 bits per heavy atom. The first-order valence-corrected chi connectivity index (χ1v) is 8.15. The number of amides is 1. The van der Waals surface area contributed by atoms with Gasteiger partial charge >= 0.3 is 6.09 Å². The zero-order valence-electron chi connectivity index (χ0n) is 14.8. The number of hydrogen-bond donors (Lipinski definition) is 2. The molecule has 0 radical (unpaired) electrons. The van der Waals surface area contributed by atoms with Crippen LogP contribution in [0.4, 0.5) is 14.9 Å². The normalized spacial score (nSPS) is 16.8. The van der Waals surface area contributed by atoms with Crippen LogP contribution in [0.15, 0.2) is 35.5 Å². The van der Waals surface area contributed by atoms with Crippen LogP contribution < -0.4 is 15.5 Å². The number of rotatable bonds is 4. The fourth-order valence-electron chi connectivity index (χ4n) is 2.80. The van der Waals surface area contributed by atoms with E-state index in [-0.39, 0.29) is 19.0 Å². The Bertz CT molecular complexity index is 918. The molecule has 0 spiro atoms. The number of halogens is 1. The van der Waals surface area contributed by atoms with Gasteiger partial charge in [0.05, 0.1) is 24.5 Å².